The van der Waals surface area contributed by atoms with Crippen molar-refractivity contribution in [3.63, 3.8) is 0 Å². The minimum Gasteiger partial charge on any atom is -0.386 e. The van der Waals surface area contributed by atoms with Crippen molar-refractivity contribution in [3.05, 3.63) is 23.8 Å². The molecular weight excluding hydrogens is 309 g/mol. The first-order chi connectivity index (χ1) is 8.90. The van der Waals surface area contributed by atoms with Crippen LogP contribution in [0.5, 0.6) is 0 Å². The van der Waals surface area contributed by atoms with Gasteiger partial charge in [-0.2, -0.15) is 5.10 Å². The van der Waals surface area contributed by atoms with Crippen LogP contribution < -0.4 is 0 Å². The Morgan fingerprint density at radius 1 is 1.63 bits per heavy atom. The summed E-state index contributed by atoms with van der Waals surface area (Å²) in [4.78, 5) is 3.22. The topological polar surface area (TPSA) is 50.9 Å². The highest BCUT2D eigenvalue weighted by Gasteiger charge is 2.58. The molecule has 19 heavy (non-hydrogen) atoms. The first-order valence-corrected chi connectivity index (χ1v) is 7.29. The Kier molecular flexibility index (Phi) is 4.45. The van der Waals surface area contributed by atoms with Gasteiger partial charge in [0.1, 0.15) is 18.3 Å². The van der Waals surface area contributed by atoms with E-state index in [9.17, 15) is 5.11 Å². The first-order valence-electron chi connectivity index (χ1n) is 6.10. The van der Waals surface area contributed by atoms with E-state index in [1.807, 2.05) is 6.92 Å². The van der Waals surface area contributed by atoms with Gasteiger partial charge in [-0.3, -0.25) is 4.68 Å². The van der Waals surface area contributed by atoms with E-state index in [2.05, 4.69) is 10.1 Å². The van der Waals surface area contributed by atoms with Crippen molar-refractivity contribution in [2.24, 2.45) is 0 Å². The van der Waals surface area contributed by atoms with Crippen molar-refractivity contribution in [1.29, 1.82) is 0 Å². The maximum atomic E-state index is 10.9. The molecule has 4 nitrogen and oxygen atoms in total. The zero-order chi connectivity index (χ0) is 14.1. The summed E-state index contributed by atoms with van der Waals surface area (Å²) in [5, 5.41) is 15.0. The van der Waals surface area contributed by atoms with Crippen molar-refractivity contribution >= 4 is 34.8 Å². The van der Waals surface area contributed by atoms with E-state index in [0.717, 1.165) is 12.8 Å². The summed E-state index contributed by atoms with van der Waals surface area (Å²) < 4.78 is 1.57. The van der Waals surface area contributed by atoms with Gasteiger partial charge < -0.3 is 5.11 Å². The van der Waals surface area contributed by atoms with E-state index in [4.69, 9.17) is 34.8 Å². The second kappa shape index (κ2) is 5.60. The van der Waals surface area contributed by atoms with Gasteiger partial charge in [0, 0.05) is 11.5 Å². The van der Waals surface area contributed by atoms with E-state index >= 15 is 0 Å². The van der Waals surface area contributed by atoms with Gasteiger partial charge in [-0.25, -0.2) is 4.98 Å². The van der Waals surface area contributed by atoms with Gasteiger partial charge >= 0.3 is 0 Å². The van der Waals surface area contributed by atoms with Crippen molar-refractivity contribution in [2.45, 2.75) is 48.6 Å². The number of allylic oxidation sites excluding steroid dienone is 2. The monoisotopic (exact) mass is 323 g/mol. The third kappa shape index (κ3) is 3.24. The van der Waals surface area contributed by atoms with Crippen LogP contribution in [-0.4, -0.2) is 35.7 Å². The molecule has 0 bridgehead atoms. The van der Waals surface area contributed by atoms with Crippen LogP contribution in [-0.2, 0) is 6.54 Å². The van der Waals surface area contributed by atoms with E-state index in [0.29, 0.717) is 5.03 Å². The van der Waals surface area contributed by atoms with E-state index < -0.39 is 15.9 Å². The van der Waals surface area contributed by atoms with Crippen LogP contribution >= 0.6 is 34.8 Å². The summed E-state index contributed by atoms with van der Waals surface area (Å²) in [6.07, 6.45) is 6.50. The van der Waals surface area contributed by atoms with E-state index in [1.165, 1.54) is 6.33 Å². The maximum Gasteiger partial charge on any atom is 0.137 e. The van der Waals surface area contributed by atoms with Crippen molar-refractivity contribution in [2.75, 3.05) is 0 Å². The van der Waals surface area contributed by atoms with Crippen LogP contribution in [0.4, 0.5) is 0 Å². The molecule has 1 heterocycles. The lowest BCUT2D eigenvalue weighted by atomic mass is 9.91. The lowest BCUT2D eigenvalue weighted by Crippen LogP contribution is -2.47. The molecule has 0 radical (unpaired) electrons. The summed E-state index contributed by atoms with van der Waals surface area (Å²) in [7, 11) is 0. The van der Waals surface area contributed by atoms with Gasteiger partial charge in [0.05, 0.1) is 16.8 Å². The highest BCUT2D eigenvalue weighted by Crippen LogP contribution is 2.54. The second-order valence-electron chi connectivity index (χ2n) is 4.94. The lowest BCUT2D eigenvalue weighted by molar-refractivity contribution is 0.000733. The molecule has 2 rings (SSSR count). The molecule has 2 atom stereocenters. The number of halogens is 3. The third-order valence-corrected chi connectivity index (χ3v) is 5.22. The minimum atomic E-state index is -1.15. The molecule has 1 saturated carbocycles. The minimum absolute atomic E-state index is 0.258. The molecule has 0 aliphatic heterocycles. The fraction of sp³-hybridized carbons (Fsp3) is 0.667. The molecule has 106 valence electrons. The average molecular weight is 325 g/mol. The predicted octanol–water partition coefficient (Wildman–Crippen LogP) is 2.92. The summed E-state index contributed by atoms with van der Waals surface area (Å²) >= 11 is 18.7. The smallest absolute Gasteiger partial charge is 0.137 e. The molecule has 1 aromatic heterocycles. The van der Waals surface area contributed by atoms with Gasteiger partial charge in [-0.1, -0.05) is 17.7 Å². The Hall–Kier alpha value is -0.290. The summed E-state index contributed by atoms with van der Waals surface area (Å²) in [6, 6.07) is 0. The Morgan fingerprint density at radius 2 is 2.32 bits per heavy atom. The van der Waals surface area contributed by atoms with Gasteiger partial charge in [0.25, 0.3) is 0 Å². The van der Waals surface area contributed by atoms with Crippen molar-refractivity contribution in [1.82, 2.24) is 14.8 Å². The zero-order valence-electron chi connectivity index (χ0n) is 10.6. The molecule has 1 aliphatic carbocycles. The SMILES string of the molecule is CC=C(Cl)C(Cl)CC(O)(Cn1cncn1)C1(Cl)CC1. The maximum absolute atomic E-state index is 10.9. The van der Waals surface area contributed by atoms with Gasteiger partial charge in [-0.15, -0.1) is 23.2 Å². The Balaban J connectivity index is 2.16. The number of nitrogens with zero attached hydrogens (tertiary/aromatic N) is 3. The number of hydrogen-bond donors (Lipinski definition) is 1. The van der Waals surface area contributed by atoms with Crippen molar-refractivity contribution < 1.29 is 5.11 Å². The molecule has 1 aliphatic rings. The molecular formula is C12H16Cl3N3O. The number of aliphatic hydroxyl groups is 1. The summed E-state index contributed by atoms with van der Waals surface area (Å²) in [6.45, 7) is 2.06. The molecule has 0 aromatic carbocycles. The molecule has 1 N–H and O–H groups in total. The van der Waals surface area contributed by atoms with Gasteiger partial charge in [0.15, 0.2) is 0 Å². The van der Waals surface area contributed by atoms with Crippen LogP contribution in [0.2, 0.25) is 0 Å². The molecule has 1 fully saturated rings. The fourth-order valence-electron chi connectivity index (χ4n) is 2.12. The van der Waals surface area contributed by atoms with Gasteiger partial charge in [-0.05, 0) is 19.8 Å². The van der Waals surface area contributed by atoms with Crippen LogP contribution in [0.3, 0.4) is 0 Å². The predicted molar refractivity (Wildman–Crippen MR) is 76.7 cm³/mol. The number of hydrogen-bond acceptors (Lipinski definition) is 3. The first kappa shape index (κ1) is 15.1. The average Bonchev–Trinajstić information content (AvgIpc) is 2.93. The summed E-state index contributed by atoms with van der Waals surface area (Å²) in [5.41, 5.74) is -1.15. The third-order valence-electron chi connectivity index (χ3n) is 3.51. The molecule has 2 unspecified atom stereocenters. The quantitative estimate of drug-likeness (QED) is 0.819. The highest BCUT2D eigenvalue weighted by atomic mass is 35.5. The number of alkyl halides is 2. The molecule has 1 aromatic rings. The number of rotatable bonds is 6. The van der Waals surface area contributed by atoms with Crippen LogP contribution in [0.25, 0.3) is 0 Å². The largest absolute Gasteiger partial charge is 0.386 e. The normalized spacial score (nSPS) is 22.9. The van der Waals surface area contributed by atoms with E-state index in [1.54, 1.807) is 17.1 Å². The van der Waals surface area contributed by atoms with Crippen LogP contribution in [0.1, 0.15) is 26.2 Å². The second-order valence-corrected chi connectivity index (χ2v) is 6.62. The Morgan fingerprint density at radius 3 is 2.79 bits per heavy atom. The Labute approximate surface area is 127 Å². The van der Waals surface area contributed by atoms with Crippen molar-refractivity contribution in [3.8, 4) is 0 Å². The highest BCUT2D eigenvalue weighted by molar-refractivity contribution is 6.37. The zero-order valence-corrected chi connectivity index (χ0v) is 12.8. The van der Waals surface area contributed by atoms with Crippen LogP contribution in [0.15, 0.2) is 23.8 Å². The molecule has 0 spiro atoms. The molecule has 7 heteroatoms. The Bertz CT molecular complexity index is 459. The lowest BCUT2D eigenvalue weighted by Gasteiger charge is -2.34. The number of aromatic nitrogens is 3. The van der Waals surface area contributed by atoms with Crippen LogP contribution in [0, 0.1) is 0 Å². The summed E-state index contributed by atoms with van der Waals surface area (Å²) in [5.74, 6) is 0. The van der Waals surface area contributed by atoms with Gasteiger partial charge in [0.2, 0.25) is 0 Å². The standard InChI is InChI=1S/C12H16Cl3N3O/c1-2-9(13)10(14)5-12(19,11(15)3-4-11)6-18-8-16-7-17-18/h2,7-8,10,19H,3-6H2,1H3. The molecule has 0 saturated heterocycles. The van der Waals surface area contributed by atoms with E-state index in [-0.39, 0.29) is 13.0 Å². The molecule has 0 amide bonds. The fourth-order valence-corrected chi connectivity index (χ4v) is 2.81.